The van der Waals surface area contributed by atoms with Gasteiger partial charge in [-0.15, -0.1) is 0 Å². The molecule has 54 valence electrons. The van der Waals surface area contributed by atoms with Crippen molar-refractivity contribution in [2.24, 2.45) is 5.92 Å². The first-order chi connectivity index (χ1) is 4.38. The molecule has 1 aliphatic heterocycles. The molecule has 0 amide bonds. The summed E-state index contributed by atoms with van der Waals surface area (Å²) in [6, 6.07) is 0.235. The second kappa shape index (κ2) is 3.15. The van der Waals surface area contributed by atoms with Crippen LogP contribution in [0.15, 0.2) is 0 Å². The lowest BCUT2D eigenvalue weighted by Gasteiger charge is -2.32. The average molecular weight is 131 g/mol. The van der Waals surface area contributed by atoms with Crippen molar-refractivity contribution in [3.63, 3.8) is 0 Å². The fourth-order valence-corrected chi connectivity index (χ4v) is 0.962. The van der Waals surface area contributed by atoms with Gasteiger partial charge in [-0.1, -0.05) is 0 Å². The van der Waals surface area contributed by atoms with E-state index in [9.17, 15) is 0 Å². The molecule has 9 heavy (non-hydrogen) atoms. The fourth-order valence-electron chi connectivity index (χ4n) is 0.962. The Balaban J connectivity index is 2.19. The number of aliphatic hydroxyl groups is 1. The van der Waals surface area contributed by atoms with E-state index in [1.54, 1.807) is 0 Å². The van der Waals surface area contributed by atoms with E-state index < -0.39 is 0 Å². The molecule has 0 bridgehead atoms. The molecule has 1 fully saturated rings. The zero-order valence-corrected chi connectivity index (χ0v) is 5.63. The predicted molar refractivity (Wildman–Crippen MR) is 34.2 cm³/mol. The zero-order chi connectivity index (χ0) is 6.69. The summed E-state index contributed by atoms with van der Waals surface area (Å²) in [5, 5.41) is 11.8. The number of rotatable bonds is 3. The Morgan fingerprint density at radius 3 is 2.56 bits per heavy atom. The summed E-state index contributed by atoms with van der Waals surface area (Å²) >= 11 is 0. The molecular formula is C6H13NO2. The molecule has 1 aliphatic rings. The van der Waals surface area contributed by atoms with Gasteiger partial charge in [0.05, 0.1) is 19.8 Å². The standard InChI is InChI=1S/C6H13NO2/c1-7-6(2-8)5-3-9-4-5/h5-8H,2-4H2,1H3. The minimum absolute atomic E-state index is 0.213. The maximum absolute atomic E-state index is 8.74. The third kappa shape index (κ3) is 1.41. The van der Waals surface area contributed by atoms with Gasteiger partial charge in [0.15, 0.2) is 0 Å². The van der Waals surface area contributed by atoms with Gasteiger partial charge < -0.3 is 15.2 Å². The molecular weight excluding hydrogens is 118 g/mol. The molecule has 0 spiro atoms. The van der Waals surface area contributed by atoms with Crippen LogP contribution in [0.4, 0.5) is 0 Å². The quantitative estimate of drug-likeness (QED) is 0.527. The molecule has 1 unspecified atom stereocenters. The number of hydrogen-bond acceptors (Lipinski definition) is 3. The SMILES string of the molecule is CNC(CO)C1COC1. The predicted octanol–water partition coefficient (Wildman–Crippen LogP) is -0.787. The molecule has 0 aromatic rings. The van der Waals surface area contributed by atoms with Crippen molar-refractivity contribution in [2.75, 3.05) is 26.9 Å². The number of ether oxygens (including phenoxy) is 1. The summed E-state index contributed by atoms with van der Waals surface area (Å²) in [6.07, 6.45) is 0. The van der Waals surface area contributed by atoms with Crippen LogP contribution in [0.2, 0.25) is 0 Å². The minimum Gasteiger partial charge on any atom is -0.395 e. The lowest BCUT2D eigenvalue weighted by molar-refractivity contribution is -0.0564. The summed E-state index contributed by atoms with van der Waals surface area (Å²) in [7, 11) is 1.86. The molecule has 3 heteroatoms. The normalized spacial score (nSPS) is 23.3. The zero-order valence-electron chi connectivity index (χ0n) is 5.63. The van der Waals surface area contributed by atoms with Gasteiger partial charge in [0.25, 0.3) is 0 Å². The van der Waals surface area contributed by atoms with Crippen LogP contribution in [0.25, 0.3) is 0 Å². The lowest BCUT2D eigenvalue weighted by atomic mass is 9.99. The topological polar surface area (TPSA) is 41.5 Å². The van der Waals surface area contributed by atoms with Gasteiger partial charge in [-0.3, -0.25) is 0 Å². The molecule has 3 nitrogen and oxygen atoms in total. The summed E-state index contributed by atoms with van der Waals surface area (Å²) in [6.45, 7) is 1.81. The molecule has 1 atom stereocenters. The van der Waals surface area contributed by atoms with Crippen LogP contribution >= 0.6 is 0 Å². The molecule has 1 rings (SSSR count). The highest BCUT2D eigenvalue weighted by Gasteiger charge is 2.26. The van der Waals surface area contributed by atoms with E-state index in [-0.39, 0.29) is 12.6 Å². The first-order valence-corrected chi connectivity index (χ1v) is 3.24. The van der Waals surface area contributed by atoms with Crippen LogP contribution in [-0.2, 0) is 4.74 Å². The Morgan fingerprint density at radius 1 is 1.78 bits per heavy atom. The second-order valence-corrected chi connectivity index (χ2v) is 2.38. The van der Waals surface area contributed by atoms with E-state index >= 15 is 0 Å². The van der Waals surface area contributed by atoms with Gasteiger partial charge in [0.2, 0.25) is 0 Å². The molecule has 1 saturated heterocycles. The number of nitrogens with one attached hydrogen (secondary N) is 1. The summed E-state index contributed by atoms with van der Waals surface area (Å²) in [4.78, 5) is 0. The Bertz CT molecular complexity index is 79.1. The first-order valence-electron chi connectivity index (χ1n) is 3.24. The Hall–Kier alpha value is -0.120. The van der Waals surface area contributed by atoms with Crippen molar-refractivity contribution in [1.29, 1.82) is 0 Å². The van der Waals surface area contributed by atoms with Crippen molar-refractivity contribution in [2.45, 2.75) is 6.04 Å². The lowest BCUT2D eigenvalue weighted by Crippen LogP contribution is -2.46. The van der Waals surface area contributed by atoms with Gasteiger partial charge in [0.1, 0.15) is 0 Å². The van der Waals surface area contributed by atoms with Crippen molar-refractivity contribution in [3.8, 4) is 0 Å². The molecule has 0 aliphatic carbocycles. The van der Waals surface area contributed by atoms with E-state index in [0.717, 1.165) is 13.2 Å². The van der Waals surface area contributed by atoms with Gasteiger partial charge in [0, 0.05) is 12.0 Å². The van der Waals surface area contributed by atoms with Crippen LogP contribution in [0.5, 0.6) is 0 Å². The van der Waals surface area contributed by atoms with E-state index in [1.807, 2.05) is 7.05 Å². The van der Waals surface area contributed by atoms with Crippen LogP contribution in [0.3, 0.4) is 0 Å². The van der Waals surface area contributed by atoms with E-state index in [2.05, 4.69) is 5.32 Å². The van der Waals surface area contributed by atoms with Gasteiger partial charge in [-0.2, -0.15) is 0 Å². The molecule has 1 heterocycles. The maximum Gasteiger partial charge on any atom is 0.0589 e. The first kappa shape index (κ1) is 6.99. The van der Waals surface area contributed by atoms with Crippen molar-refractivity contribution in [3.05, 3.63) is 0 Å². The van der Waals surface area contributed by atoms with Crippen molar-refractivity contribution < 1.29 is 9.84 Å². The molecule has 0 saturated carbocycles. The summed E-state index contributed by atoms with van der Waals surface area (Å²) in [5.74, 6) is 0.528. The van der Waals surface area contributed by atoms with E-state index in [0.29, 0.717) is 5.92 Å². The molecule has 0 aromatic carbocycles. The monoisotopic (exact) mass is 131 g/mol. The number of likely N-dealkylation sites (N-methyl/N-ethyl adjacent to an activating group) is 1. The highest BCUT2D eigenvalue weighted by molar-refractivity contribution is 4.78. The Labute approximate surface area is 55.0 Å². The number of hydrogen-bond donors (Lipinski definition) is 2. The average Bonchev–Trinajstić information content (AvgIpc) is 1.78. The smallest absolute Gasteiger partial charge is 0.0589 e. The largest absolute Gasteiger partial charge is 0.395 e. The summed E-state index contributed by atoms with van der Waals surface area (Å²) < 4.78 is 4.97. The van der Waals surface area contributed by atoms with E-state index in [4.69, 9.17) is 9.84 Å². The highest BCUT2D eigenvalue weighted by Crippen LogP contribution is 2.13. The third-order valence-corrected chi connectivity index (χ3v) is 1.80. The Morgan fingerprint density at radius 2 is 2.44 bits per heavy atom. The molecule has 2 N–H and O–H groups in total. The Kier molecular flexibility index (Phi) is 2.45. The highest BCUT2D eigenvalue weighted by atomic mass is 16.5. The third-order valence-electron chi connectivity index (χ3n) is 1.80. The van der Waals surface area contributed by atoms with E-state index in [1.165, 1.54) is 0 Å². The maximum atomic E-state index is 8.74. The van der Waals surface area contributed by atoms with Crippen LogP contribution in [-0.4, -0.2) is 38.0 Å². The van der Waals surface area contributed by atoms with Crippen LogP contribution < -0.4 is 5.32 Å². The number of aliphatic hydroxyl groups excluding tert-OH is 1. The van der Waals surface area contributed by atoms with Gasteiger partial charge in [-0.25, -0.2) is 0 Å². The van der Waals surface area contributed by atoms with Crippen LogP contribution in [0.1, 0.15) is 0 Å². The second-order valence-electron chi connectivity index (χ2n) is 2.38. The summed E-state index contributed by atoms with van der Waals surface area (Å²) in [5.41, 5.74) is 0. The van der Waals surface area contributed by atoms with Crippen molar-refractivity contribution >= 4 is 0 Å². The molecule has 0 radical (unpaired) electrons. The van der Waals surface area contributed by atoms with Gasteiger partial charge in [-0.05, 0) is 7.05 Å². The fraction of sp³-hybridized carbons (Fsp3) is 1.00. The minimum atomic E-state index is 0.213. The van der Waals surface area contributed by atoms with Gasteiger partial charge >= 0.3 is 0 Å². The molecule has 0 aromatic heterocycles. The van der Waals surface area contributed by atoms with Crippen LogP contribution in [0, 0.1) is 5.92 Å². The van der Waals surface area contributed by atoms with Crippen molar-refractivity contribution in [1.82, 2.24) is 5.32 Å².